The third-order valence-corrected chi connectivity index (χ3v) is 6.19. The lowest BCUT2D eigenvalue weighted by atomic mass is 10.1. The predicted octanol–water partition coefficient (Wildman–Crippen LogP) is 2.72. The summed E-state index contributed by atoms with van der Waals surface area (Å²) in [4.78, 5) is 17.9. The van der Waals surface area contributed by atoms with E-state index in [0.29, 0.717) is 28.8 Å². The maximum atomic E-state index is 12.9. The number of ether oxygens (including phenoxy) is 1. The molecule has 9 nitrogen and oxygen atoms in total. The van der Waals surface area contributed by atoms with Crippen LogP contribution in [0.15, 0.2) is 45.8 Å². The van der Waals surface area contributed by atoms with Gasteiger partial charge in [-0.15, -0.1) is 0 Å². The smallest absolute Gasteiger partial charge is 0.265 e. The molecular formula is C20H20N4O5S. The van der Waals surface area contributed by atoms with Gasteiger partial charge in [-0.05, 0) is 55.3 Å². The van der Waals surface area contributed by atoms with Crippen LogP contribution in [0.2, 0.25) is 0 Å². The third kappa shape index (κ3) is 3.86. The van der Waals surface area contributed by atoms with Crippen molar-refractivity contribution in [3.63, 3.8) is 0 Å². The van der Waals surface area contributed by atoms with Gasteiger partial charge in [-0.2, -0.15) is 4.98 Å². The number of aryl methyl sites for hydroxylation is 3. The molecule has 0 radical (unpaired) electrons. The first-order valence-corrected chi connectivity index (χ1v) is 10.7. The zero-order valence-electron chi connectivity index (χ0n) is 16.7. The highest BCUT2D eigenvalue weighted by molar-refractivity contribution is 7.92. The average Bonchev–Trinajstić information content (AvgIpc) is 3.11. The number of fused-ring (bicyclic) bond motifs is 1. The minimum absolute atomic E-state index is 0.00655. The van der Waals surface area contributed by atoms with Crippen LogP contribution in [0.3, 0.4) is 0 Å². The maximum Gasteiger partial charge on any atom is 0.265 e. The average molecular weight is 428 g/mol. The van der Waals surface area contributed by atoms with E-state index in [1.165, 1.54) is 23.1 Å². The van der Waals surface area contributed by atoms with Gasteiger partial charge in [0, 0.05) is 12.6 Å². The molecule has 0 bridgehead atoms. The Balaban J connectivity index is 1.67. The summed E-state index contributed by atoms with van der Waals surface area (Å²) in [7, 11) is -3.88. The Bertz CT molecular complexity index is 1240. The number of aromatic nitrogens is 2. The number of nitrogens with zero attached hydrogens (tertiary/aromatic N) is 3. The van der Waals surface area contributed by atoms with E-state index in [0.717, 1.165) is 11.1 Å². The van der Waals surface area contributed by atoms with Crippen LogP contribution in [-0.2, 0) is 21.4 Å². The SMILES string of the molecule is Cc1nc(CN2C(=O)COc3ccc(S(=O)(=O)Nc4ccc(C)c(C)c4)cc32)no1. The van der Waals surface area contributed by atoms with Crippen molar-refractivity contribution in [2.45, 2.75) is 32.2 Å². The van der Waals surface area contributed by atoms with Crippen molar-refractivity contribution in [2.24, 2.45) is 0 Å². The molecule has 0 aliphatic carbocycles. The molecule has 0 spiro atoms. The van der Waals surface area contributed by atoms with Gasteiger partial charge in [0.05, 0.1) is 17.1 Å². The van der Waals surface area contributed by atoms with E-state index in [4.69, 9.17) is 9.26 Å². The zero-order chi connectivity index (χ0) is 21.5. The van der Waals surface area contributed by atoms with Crippen molar-refractivity contribution in [3.8, 4) is 5.75 Å². The van der Waals surface area contributed by atoms with Crippen LogP contribution >= 0.6 is 0 Å². The molecule has 0 atom stereocenters. The highest BCUT2D eigenvalue weighted by Gasteiger charge is 2.29. The van der Waals surface area contributed by atoms with Crippen molar-refractivity contribution >= 4 is 27.3 Å². The topological polar surface area (TPSA) is 115 Å². The fourth-order valence-corrected chi connectivity index (χ4v) is 4.16. The maximum absolute atomic E-state index is 12.9. The summed E-state index contributed by atoms with van der Waals surface area (Å²) in [5.74, 6) is 0.761. The molecule has 30 heavy (non-hydrogen) atoms. The lowest BCUT2D eigenvalue weighted by Crippen LogP contribution is -2.38. The van der Waals surface area contributed by atoms with Gasteiger partial charge in [0.15, 0.2) is 12.4 Å². The van der Waals surface area contributed by atoms with Crippen molar-refractivity contribution in [1.29, 1.82) is 0 Å². The quantitative estimate of drug-likeness (QED) is 0.664. The van der Waals surface area contributed by atoms with E-state index in [-0.39, 0.29) is 24.0 Å². The highest BCUT2D eigenvalue weighted by atomic mass is 32.2. The molecule has 3 aromatic rings. The van der Waals surface area contributed by atoms with Crippen molar-refractivity contribution < 1.29 is 22.5 Å². The standard InChI is InChI=1S/C20H20N4O5S/c1-12-4-5-15(8-13(12)2)23-30(26,27)16-6-7-18-17(9-16)24(20(25)11-28-18)10-19-21-14(3)29-22-19/h4-9,23H,10-11H2,1-3H3. The molecule has 0 saturated heterocycles. The van der Waals surface area contributed by atoms with E-state index in [1.807, 2.05) is 19.9 Å². The molecule has 1 amide bonds. The van der Waals surface area contributed by atoms with Crippen molar-refractivity contribution in [3.05, 3.63) is 59.2 Å². The second kappa shape index (κ2) is 7.45. The summed E-state index contributed by atoms with van der Waals surface area (Å²) in [6.07, 6.45) is 0. The molecule has 0 saturated carbocycles. The molecule has 2 heterocycles. The molecular weight excluding hydrogens is 408 g/mol. The minimum atomic E-state index is -3.88. The number of hydrogen-bond donors (Lipinski definition) is 1. The largest absolute Gasteiger partial charge is 0.482 e. The molecule has 2 aromatic carbocycles. The zero-order valence-corrected chi connectivity index (χ0v) is 17.5. The van der Waals surface area contributed by atoms with E-state index in [1.54, 1.807) is 19.1 Å². The van der Waals surface area contributed by atoms with Gasteiger partial charge < -0.3 is 9.26 Å². The molecule has 156 valence electrons. The second-order valence-corrected chi connectivity index (χ2v) is 8.71. The Morgan fingerprint density at radius 2 is 1.90 bits per heavy atom. The lowest BCUT2D eigenvalue weighted by molar-refractivity contribution is -0.121. The lowest BCUT2D eigenvalue weighted by Gasteiger charge is -2.28. The van der Waals surface area contributed by atoms with Gasteiger partial charge in [0.25, 0.3) is 15.9 Å². The van der Waals surface area contributed by atoms with Crippen LogP contribution in [-0.4, -0.2) is 31.1 Å². The second-order valence-electron chi connectivity index (χ2n) is 7.03. The number of hydrogen-bond acceptors (Lipinski definition) is 7. The molecule has 0 unspecified atom stereocenters. The molecule has 1 aliphatic rings. The number of benzene rings is 2. The fourth-order valence-electron chi connectivity index (χ4n) is 3.09. The fraction of sp³-hybridized carbons (Fsp3) is 0.250. The van der Waals surface area contributed by atoms with Crippen molar-refractivity contribution in [2.75, 3.05) is 16.2 Å². The van der Waals surface area contributed by atoms with Gasteiger partial charge in [0.1, 0.15) is 5.75 Å². The molecule has 1 aliphatic heterocycles. The summed E-state index contributed by atoms with van der Waals surface area (Å²) < 4.78 is 38.9. The normalized spacial score (nSPS) is 13.7. The van der Waals surface area contributed by atoms with Crippen molar-refractivity contribution in [1.82, 2.24) is 10.1 Å². The first-order valence-electron chi connectivity index (χ1n) is 9.19. The summed E-state index contributed by atoms with van der Waals surface area (Å²) >= 11 is 0. The Hall–Kier alpha value is -3.40. The Morgan fingerprint density at radius 3 is 2.60 bits per heavy atom. The summed E-state index contributed by atoms with van der Waals surface area (Å²) in [6.45, 7) is 5.40. The van der Waals surface area contributed by atoms with E-state index in [2.05, 4.69) is 14.9 Å². The number of sulfonamides is 1. The molecule has 10 heteroatoms. The van der Waals surface area contributed by atoms with Crippen LogP contribution in [0.5, 0.6) is 5.75 Å². The van der Waals surface area contributed by atoms with E-state index >= 15 is 0 Å². The molecule has 1 N–H and O–H groups in total. The Kier molecular flexibility index (Phi) is 4.94. The summed E-state index contributed by atoms with van der Waals surface area (Å²) in [6, 6.07) is 9.70. The van der Waals surface area contributed by atoms with Crippen LogP contribution in [0.25, 0.3) is 0 Å². The summed E-state index contributed by atoms with van der Waals surface area (Å²) in [5, 5.41) is 3.81. The van der Waals surface area contributed by atoms with Gasteiger partial charge in [-0.3, -0.25) is 14.4 Å². The predicted molar refractivity (Wildman–Crippen MR) is 109 cm³/mol. The minimum Gasteiger partial charge on any atom is -0.482 e. The number of anilines is 2. The third-order valence-electron chi connectivity index (χ3n) is 4.81. The molecule has 0 fully saturated rings. The van der Waals surface area contributed by atoms with Crippen LogP contribution in [0, 0.1) is 20.8 Å². The van der Waals surface area contributed by atoms with Gasteiger partial charge in [-0.1, -0.05) is 11.2 Å². The molecule has 1 aromatic heterocycles. The number of nitrogens with one attached hydrogen (secondary N) is 1. The van der Waals surface area contributed by atoms with Crippen LogP contribution < -0.4 is 14.4 Å². The Labute approximate surface area is 173 Å². The first-order chi connectivity index (χ1) is 14.2. The Morgan fingerprint density at radius 1 is 1.10 bits per heavy atom. The number of amides is 1. The van der Waals surface area contributed by atoms with Crippen LogP contribution in [0.4, 0.5) is 11.4 Å². The highest BCUT2D eigenvalue weighted by Crippen LogP contribution is 2.35. The van der Waals surface area contributed by atoms with E-state index in [9.17, 15) is 13.2 Å². The summed E-state index contributed by atoms with van der Waals surface area (Å²) in [5.41, 5.74) is 2.83. The molecule has 4 rings (SSSR count). The number of carbonyl (C=O) groups is 1. The van der Waals surface area contributed by atoms with Gasteiger partial charge in [-0.25, -0.2) is 8.42 Å². The van der Waals surface area contributed by atoms with Gasteiger partial charge in [0.2, 0.25) is 5.89 Å². The number of rotatable bonds is 5. The van der Waals surface area contributed by atoms with Gasteiger partial charge >= 0.3 is 0 Å². The first kappa shape index (κ1) is 19.9. The van der Waals surface area contributed by atoms with E-state index < -0.39 is 10.0 Å². The number of carbonyl (C=O) groups excluding carboxylic acids is 1. The van der Waals surface area contributed by atoms with Crippen LogP contribution in [0.1, 0.15) is 22.8 Å². The monoisotopic (exact) mass is 428 g/mol.